The fourth-order valence-corrected chi connectivity index (χ4v) is 4.96. The van der Waals surface area contributed by atoms with Crippen LogP contribution in [0.4, 0.5) is 9.59 Å². The van der Waals surface area contributed by atoms with Crippen molar-refractivity contribution in [2.24, 2.45) is 10.8 Å². The van der Waals surface area contributed by atoms with E-state index in [-0.39, 0.29) is 86.3 Å². The zero-order valence-corrected chi connectivity index (χ0v) is 24.5. The van der Waals surface area contributed by atoms with Gasteiger partial charge >= 0.3 is 12.1 Å². The Kier molecular flexibility index (Phi) is 10.2. The van der Waals surface area contributed by atoms with E-state index >= 15 is 0 Å². The Hall–Kier alpha value is -2.78. The molecular weight excluding hydrogens is 488 g/mol. The molecular formula is C28H46N4O6. The van der Waals surface area contributed by atoms with Gasteiger partial charge in [0.15, 0.2) is 0 Å². The van der Waals surface area contributed by atoms with Gasteiger partial charge in [-0.15, -0.1) is 0 Å². The molecule has 2 saturated heterocycles. The fourth-order valence-electron chi connectivity index (χ4n) is 4.96. The third-order valence-electron chi connectivity index (χ3n) is 8.72. The Labute approximate surface area is 227 Å². The Balaban J connectivity index is 1.80. The number of urea groups is 2. The molecule has 0 aromatic rings. The molecule has 2 unspecified atom stereocenters. The van der Waals surface area contributed by atoms with E-state index in [1.165, 1.54) is 19.6 Å². The van der Waals surface area contributed by atoms with Crippen molar-refractivity contribution in [2.45, 2.75) is 106 Å². The van der Waals surface area contributed by atoms with Crippen molar-refractivity contribution in [1.82, 2.24) is 19.6 Å². The number of imide groups is 2. The molecule has 0 radical (unpaired) electrons. The molecule has 214 valence electrons. The van der Waals surface area contributed by atoms with E-state index in [9.17, 15) is 28.8 Å². The van der Waals surface area contributed by atoms with Crippen LogP contribution >= 0.6 is 0 Å². The van der Waals surface area contributed by atoms with E-state index < -0.39 is 10.8 Å². The summed E-state index contributed by atoms with van der Waals surface area (Å²) in [6.45, 7) is 16.3. The van der Waals surface area contributed by atoms with Gasteiger partial charge in [-0.05, 0) is 51.4 Å². The number of carbonyl (C=O) groups is 6. The number of hydrogen-bond donors (Lipinski definition) is 0. The van der Waals surface area contributed by atoms with Gasteiger partial charge in [0.1, 0.15) is 24.7 Å². The molecule has 2 atom stereocenters. The highest BCUT2D eigenvalue weighted by atomic mass is 16.2. The van der Waals surface area contributed by atoms with Gasteiger partial charge in [-0.1, -0.05) is 27.7 Å². The van der Waals surface area contributed by atoms with Crippen LogP contribution in [0.5, 0.6) is 0 Å². The molecule has 0 aromatic heterocycles. The molecule has 0 bridgehead atoms. The van der Waals surface area contributed by atoms with Crippen molar-refractivity contribution in [2.75, 3.05) is 26.2 Å². The predicted octanol–water partition coefficient (Wildman–Crippen LogP) is 3.86. The van der Waals surface area contributed by atoms with Gasteiger partial charge in [-0.3, -0.25) is 29.0 Å². The monoisotopic (exact) mass is 534 g/mol. The molecule has 10 heteroatoms. The average Bonchev–Trinajstić information content (AvgIpc) is 3.31. The predicted molar refractivity (Wildman–Crippen MR) is 143 cm³/mol. The van der Waals surface area contributed by atoms with E-state index in [4.69, 9.17) is 0 Å². The lowest BCUT2D eigenvalue weighted by Gasteiger charge is -2.37. The first-order chi connectivity index (χ1) is 17.6. The molecule has 2 rings (SSSR count). The van der Waals surface area contributed by atoms with E-state index in [1.807, 2.05) is 55.4 Å². The van der Waals surface area contributed by atoms with Crippen LogP contribution in [0.1, 0.15) is 93.9 Å². The Morgan fingerprint density at radius 1 is 0.658 bits per heavy atom. The van der Waals surface area contributed by atoms with Crippen molar-refractivity contribution in [1.29, 1.82) is 0 Å². The second-order valence-electron chi connectivity index (χ2n) is 12.0. The summed E-state index contributed by atoms with van der Waals surface area (Å²) >= 11 is 0. The number of carbonyl (C=O) groups excluding carboxylic acids is 6. The van der Waals surface area contributed by atoms with Crippen LogP contribution in [0.25, 0.3) is 0 Å². The number of likely N-dealkylation sites (N-methyl/N-ethyl adjacent to an activating group) is 2. The number of Topliss-reactive ketones (excluding diaryl/α,β-unsaturated/α-hetero) is 2. The lowest BCUT2D eigenvalue weighted by molar-refractivity contribution is -0.129. The second-order valence-corrected chi connectivity index (χ2v) is 12.0. The lowest BCUT2D eigenvalue weighted by Crippen LogP contribution is -2.47. The summed E-state index contributed by atoms with van der Waals surface area (Å²) in [4.78, 5) is 80.7. The maximum absolute atomic E-state index is 12.6. The van der Waals surface area contributed by atoms with Gasteiger partial charge < -0.3 is 9.80 Å². The molecule has 38 heavy (non-hydrogen) atoms. The first kappa shape index (κ1) is 31.4. The van der Waals surface area contributed by atoms with E-state index in [2.05, 4.69) is 0 Å². The minimum atomic E-state index is -0.452. The molecule has 2 aliphatic rings. The summed E-state index contributed by atoms with van der Waals surface area (Å²) in [5, 5.41) is 0. The maximum atomic E-state index is 12.6. The van der Waals surface area contributed by atoms with Crippen molar-refractivity contribution >= 4 is 35.4 Å². The molecule has 0 spiro atoms. The highest BCUT2D eigenvalue weighted by Crippen LogP contribution is 2.34. The van der Waals surface area contributed by atoms with Crippen molar-refractivity contribution in [3.8, 4) is 0 Å². The van der Waals surface area contributed by atoms with Crippen LogP contribution in [-0.2, 0) is 19.2 Å². The van der Waals surface area contributed by atoms with Crippen LogP contribution in [0.3, 0.4) is 0 Å². The SMILES string of the molecule is CCN1CC(=O)N(C(C)C(C)(C)CCC(=O)CCC(=O)CCC(C)(C)C(C)N2C(=O)CN(CC)C2=O)C1=O. The Morgan fingerprint density at radius 2 is 0.974 bits per heavy atom. The summed E-state index contributed by atoms with van der Waals surface area (Å²) in [5.74, 6) is -0.470. The molecule has 0 aromatic carbocycles. The van der Waals surface area contributed by atoms with E-state index in [0.717, 1.165) is 0 Å². The Bertz CT molecular complexity index is 883. The molecule has 0 aliphatic carbocycles. The summed E-state index contributed by atoms with van der Waals surface area (Å²) in [5.41, 5.74) is -0.903. The molecule has 6 amide bonds. The molecule has 10 nitrogen and oxygen atoms in total. The highest BCUT2D eigenvalue weighted by Gasteiger charge is 2.44. The number of ketones is 2. The Morgan fingerprint density at radius 3 is 1.24 bits per heavy atom. The number of amides is 6. The largest absolute Gasteiger partial charge is 0.327 e. The third kappa shape index (κ3) is 6.99. The van der Waals surface area contributed by atoms with E-state index in [1.54, 1.807) is 0 Å². The van der Waals surface area contributed by atoms with E-state index in [0.29, 0.717) is 25.9 Å². The number of nitrogens with zero attached hydrogens (tertiary/aromatic N) is 4. The molecule has 2 heterocycles. The van der Waals surface area contributed by atoms with Gasteiger partial charge in [0, 0.05) is 50.9 Å². The standard InChI is InChI=1S/C28H46N4O6/c1-9-29-17-23(35)31(25(29)37)19(3)27(5,6)15-13-21(33)11-12-22(34)14-16-28(7,8)20(4)32-24(36)18-30(10-2)26(32)38/h19-20H,9-18H2,1-8H3. The van der Waals surface area contributed by atoms with Gasteiger partial charge in [-0.25, -0.2) is 9.59 Å². The van der Waals surface area contributed by atoms with Crippen molar-refractivity contribution < 1.29 is 28.8 Å². The van der Waals surface area contributed by atoms with Gasteiger partial charge in [0.05, 0.1) is 0 Å². The first-order valence-corrected chi connectivity index (χ1v) is 13.8. The fraction of sp³-hybridized carbons (Fsp3) is 0.786. The topological polar surface area (TPSA) is 115 Å². The average molecular weight is 535 g/mol. The quantitative estimate of drug-likeness (QED) is 0.295. The van der Waals surface area contributed by atoms with Crippen LogP contribution in [-0.4, -0.2) is 93.3 Å². The third-order valence-corrected chi connectivity index (χ3v) is 8.72. The number of hydrogen-bond acceptors (Lipinski definition) is 6. The van der Waals surface area contributed by atoms with Crippen molar-refractivity contribution in [3.05, 3.63) is 0 Å². The van der Waals surface area contributed by atoms with Crippen LogP contribution in [0.2, 0.25) is 0 Å². The summed E-state index contributed by atoms with van der Waals surface area (Å²) < 4.78 is 0. The molecule has 2 fully saturated rings. The summed E-state index contributed by atoms with van der Waals surface area (Å²) in [6, 6.07) is -1.27. The summed E-state index contributed by atoms with van der Waals surface area (Å²) in [7, 11) is 0. The molecule has 2 aliphatic heterocycles. The van der Waals surface area contributed by atoms with Crippen LogP contribution < -0.4 is 0 Å². The van der Waals surface area contributed by atoms with Gasteiger partial charge in [0.2, 0.25) is 0 Å². The van der Waals surface area contributed by atoms with Crippen molar-refractivity contribution in [3.63, 3.8) is 0 Å². The normalized spacial score (nSPS) is 18.6. The minimum Gasteiger partial charge on any atom is -0.315 e. The lowest BCUT2D eigenvalue weighted by atomic mass is 9.78. The number of rotatable bonds is 15. The molecule has 0 N–H and O–H groups in total. The van der Waals surface area contributed by atoms with Crippen LogP contribution in [0.15, 0.2) is 0 Å². The second kappa shape index (κ2) is 12.4. The van der Waals surface area contributed by atoms with Gasteiger partial charge in [-0.2, -0.15) is 0 Å². The maximum Gasteiger partial charge on any atom is 0.327 e. The van der Waals surface area contributed by atoms with Gasteiger partial charge in [0.25, 0.3) is 11.8 Å². The highest BCUT2D eigenvalue weighted by molar-refractivity contribution is 6.03. The summed E-state index contributed by atoms with van der Waals surface area (Å²) in [6.07, 6.45) is 1.85. The first-order valence-electron chi connectivity index (χ1n) is 13.8. The van der Waals surface area contributed by atoms with Crippen LogP contribution in [0, 0.1) is 10.8 Å². The smallest absolute Gasteiger partial charge is 0.315 e. The minimum absolute atomic E-state index is 0.0200. The zero-order chi connectivity index (χ0) is 29.0. The zero-order valence-electron chi connectivity index (χ0n) is 24.5. The molecule has 0 saturated carbocycles.